The summed E-state index contributed by atoms with van der Waals surface area (Å²) in [6.45, 7) is 5.08. The smallest absolute Gasteiger partial charge is 0.220 e. The summed E-state index contributed by atoms with van der Waals surface area (Å²) in [6.07, 6.45) is 1.13. The summed E-state index contributed by atoms with van der Waals surface area (Å²) >= 11 is 0. The molecule has 0 aliphatic heterocycles. The summed E-state index contributed by atoms with van der Waals surface area (Å²) in [5.74, 6) is 1.71. The fourth-order valence-electron chi connectivity index (χ4n) is 2.92. The van der Waals surface area contributed by atoms with Crippen LogP contribution in [0, 0.1) is 0 Å². The molecule has 2 aromatic rings. The van der Waals surface area contributed by atoms with E-state index in [-0.39, 0.29) is 12.0 Å². The third-order valence-corrected chi connectivity index (χ3v) is 4.43. The van der Waals surface area contributed by atoms with Crippen LogP contribution in [0.15, 0.2) is 36.4 Å². The summed E-state index contributed by atoms with van der Waals surface area (Å²) < 4.78 is 21.7. The number of carbonyl (C=O) groups excluding carboxylic acids is 1. The van der Waals surface area contributed by atoms with Gasteiger partial charge in [-0.05, 0) is 49.1 Å². The van der Waals surface area contributed by atoms with Crippen LogP contribution in [0.3, 0.4) is 0 Å². The highest BCUT2D eigenvalue weighted by Gasteiger charge is 2.14. The fourth-order valence-corrected chi connectivity index (χ4v) is 2.92. The molecule has 6 nitrogen and oxygen atoms in total. The van der Waals surface area contributed by atoms with E-state index in [1.54, 1.807) is 21.3 Å². The quantitative estimate of drug-likeness (QED) is 0.619. The Kier molecular flexibility index (Phi) is 8.80. The molecule has 0 aliphatic carbocycles. The third kappa shape index (κ3) is 6.98. The van der Waals surface area contributed by atoms with Crippen LogP contribution in [0.1, 0.15) is 37.0 Å². The Balaban J connectivity index is 1.90. The van der Waals surface area contributed by atoms with Crippen molar-refractivity contribution in [1.29, 1.82) is 0 Å². The number of hydrogen-bond acceptors (Lipinski definition) is 5. The van der Waals surface area contributed by atoms with Gasteiger partial charge in [0.2, 0.25) is 11.7 Å². The number of methoxy groups -OCH3 is 3. The maximum Gasteiger partial charge on any atom is 0.220 e. The van der Waals surface area contributed by atoms with Gasteiger partial charge in [-0.25, -0.2) is 0 Å². The second-order valence-corrected chi connectivity index (χ2v) is 6.99. The molecule has 0 bridgehead atoms. The standard InChI is InChI=1S/C23H31NO5/c1-16(2)29-15-19-8-6-7-18(11-19)14-24-22(25)10-9-17-12-20(26-3)23(28-5)21(13-17)27-4/h6-8,11-13,16H,9-10,14-15H2,1-5H3,(H,24,25). The minimum atomic E-state index is -0.0115. The van der Waals surface area contributed by atoms with E-state index in [0.717, 1.165) is 16.7 Å². The molecule has 158 valence electrons. The predicted molar refractivity (Wildman–Crippen MR) is 113 cm³/mol. The van der Waals surface area contributed by atoms with Crippen LogP contribution in [0.2, 0.25) is 0 Å². The zero-order chi connectivity index (χ0) is 21.2. The first kappa shape index (κ1) is 22.6. The van der Waals surface area contributed by atoms with Gasteiger partial charge in [-0.15, -0.1) is 0 Å². The fraction of sp³-hybridized carbons (Fsp3) is 0.435. The van der Waals surface area contributed by atoms with Crippen LogP contribution < -0.4 is 19.5 Å². The highest BCUT2D eigenvalue weighted by atomic mass is 16.5. The summed E-state index contributed by atoms with van der Waals surface area (Å²) in [5.41, 5.74) is 3.10. The van der Waals surface area contributed by atoms with E-state index in [9.17, 15) is 4.79 Å². The highest BCUT2D eigenvalue weighted by molar-refractivity contribution is 5.76. The van der Waals surface area contributed by atoms with Crippen LogP contribution in [-0.2, 0) is 29.1 Å². The Labute approximate surface area is 173 Å². The Morgan fingerprint density at radius 3 is 2.17 bits per heavy atom. The maximum atomic E-state index is 12.3. The van der Waals surface area contributed by atoms with Crippen LogP contribution in [0.4, 0.5) is 0 Å². The number of amides is 1. The molecule has 0 atom stereocenters. The van der Waals surface area contributed by atoms with Gasteiger partial charge in [0.1, 0.15) is 0 Å². The molecule has 0 saturated heterocycles. The highest BCUT2D eigenvalue weighted by Crippen LogP contribution is 2.38. The average Bonchev–Trinajstić information content (AvgIpc) is 2.74. The Morgan fingerprint density at radius 1 is 0.931 bits per heavy atom. The van der Waals surface area contributed by atoms with Gasteiger partial charge in [0, 0.05) is 13.0 Å². The maximum absolute atomic E-state index is 12.3. The van der Waals surface area contributed by atoms with Crippen molar-refractivity contribution >= 4 is 5.91 Å². The molecule has 0 aliphatic rings. The molecule has 0 spiro atoms. The minimum absolute atomic E-state index is 0.0115. The number of aryl methyl sites for hydroxylation is 1. The van der Waals surface area contributed by atoms with E-state index in [2.05, 4.69) is 11.4 Å². The number of ether oxygens (including phenoxy) is 4. The van der Waals surface area contributed by atoms with Crippen molar-refractivity contribution in [2.45, 2.75) is 45.9 Å². The van der Waals surface area contributed by atoms with Crippen LogP contribution >= 0.6 is 0 Å². The van der Waals surface area contributed by atoms with E-state index in [4.69, 9.17) is 18.9 Å². The number of benzene rings is 2. The summed E-state index contributed by atoms with van der Waals surface area (Å²) in [7, 11) is 4.72. The van der Waals surface area contributed by atoms with Crippen molar-refractivity contribution in [3.63, 3.8) is 0 Å². The van der Waals surface area contributed by atoms with Crippen molar-refractivity contribution in [3.05, 3.63) is 53.1 Å². The number of nitrogens with one attached hydrogen (secondary N) is 1. The van der Waals surface area contributed by atoms with Crippen LogP contribution in [-0.4, -0.2) is 33.3 Å². The van der Waals surface area contributed by atoms with Gasteiger partial charge in [0.05, 0.1) is 34.0 Å². The summed E-state index contributed by atoms with van der Waals surface area (Å²) in [5, 5.41) is 2.97. The molecule has 1 amide bonds. The van der Waals surface area contributed by atoms with Gasteiger partial charge in [-0.2, -0.15) is 0 Å². The van der Waals surface area contributed by atoms with Crippen molar-refractivity contribution in [2.75, 3.05) is 21.3 Å². The van der Waals surface area contributed by atoms with Crippen molar-refractivity contribution in [3.8, 4) is 17.2 Å². The molecular weight excluding hydrogens is 370 g/mol. The monoisotopic (exact) mass is 401 g/mol. The number of hydrogen-bond donors (Lipinski definition) is 1. The topological polar surface area (TPSA) is 66.0 Å². The average molecular weight is 402 g/mol. The Hall–Kier alpha value is -2.73. The molecule has 0 aromatic heterocycles. The minimum Gasteiger partial charge on any atom is -0.493 e. The van der Waals surface area contributed by atoms with E-state index >= 15 is 0 Å². The zero-order valence-electron chi connectivity index (χ0n) is 17.9. The molecule has 0 radical (unpaired) electrons. The molecule has 29 heavy (non-hydrogen) atoms. The molecule has 0 unspecified atom stereocenters. The lowest BCUT2D eigenvalue weighted by molar-refractivity contribution is -0.121. The summed E-state index contributed by atoms with van der Waals surface area (Å²) in [4.78, 5) is 12.3. The van der Waals surface area contributed by atoms with Gasteiger partial charge in [-0.1, -0.05) is 24.3 Å². The molecular formula is C23H31NO5. The first-order valence-corrected chi connectivity index (χ1v) is 9.71. The van der Waals surface area contributed by atoms with E-state index in [0.29, 0.717) is 43.2 Å². The molecule has 2 aromatic carbocycles. The SMILES string of the molecule is COc1cc(CCC(=O)NCc2cccc(COC(C)C)c2)cc(OC)c1OC. The molecule has 2 rings (SSSR count). The first-order chi connectivity index (χ1) is 14.0. The van der Waals surface area contributed by atoms with Gasteiger partial charge >= 0.3 is 0 Å². The van der Waals surface area contributed by atoms with E-state index < -0.39 is 0 Å². The van der Waals surface area contributed by atoms with Gasteiger partial charge in [0.25, 0.3) is 0 Å². The third-order valence-electron chi connectivity index (χ3n) is 4.43. The largest absolute Gasteiger partial charge is 0.493 e. The molecule has 0 heterocycles. The lowest BCUT2D eigenvalue weighted by atomic mass is 10.1. The Morgan fingerprint density at radius 2 is 1.59 bits per heavy atom. The van der Waals surface area contributed by atoms with Gasteiger partial charge in [-0.3, -0.25) is 4.79 Å². The van der Waals surface area contributed by atoms with Crippen molar-refractivity contribution in [1.82, 2.24) is 5.32 Å². The predicted octanol–water partition coefficient (Wildman–Crippen LogP) is 3.89. The van der Waals surface area contributed by atoms with Crippen molar-refractivity contribution < 1.29 is 23.7 Å². The lowest BCUT2D eigenvalue weighted by Gasteiger charge is -2.14. The molecule has 1 N–H and O–H groups in total. The second kappa shape index (κ2) is 11.3. The zero-order valence-corrected chi connectivity index (χ0v) is 17.9. The van der Waals surface area contributed by atoms with Crippen LogP contribution in [0.5, 0.6) is 17.2 Å². The first-order valence-electron chi connectivity index (χ1n) is 9.71. The van der Waals surface area contributed by atoms with E-state index in [1.165, 1.54) is 0 Å². The van der Waals surface area contributed by atoms with Crippen molar-refractivity contribution in [2.24, 2.45) is 0 Å². The molecule has 6 heteroatoms. The normalized spacial score (nSPS) is 10.7. The molecule has 0 fully saturated rings. The number of rotatable bonds is 11. The van der Waals surface area contributed by atoms with Gasteiger partial charge in [0.15, 0.2) is 11.5 Å². The second-order valence-electron chi connectivity index (χ2n) is 6.99. The van der Waals surface area contributed by atoms with Gasteiger partial charge < -0.3 is 24.3 Å². The Bertz CT molecular complexity index is 779. The molecule has 0 saturated carbocycles. The van der Waals surface area contributed by atoms with Crippen LogP contribution in [0.25, 0.3) is 0 Å². The summed E-state index contributed by atoms with van der Waals surface area (Å²) in [6, 6.07) is 11.8. The lowest BCUT2D eigenvalue weighted by Crippen LogP contribution is -2.23. The van der Waals surface area contributed by atoms with E-state index in [1.807, 2.05) is 44.2 Å². The number of carbonyl (C=O) groups is 1.